The minimum atomic E-state index is 0.259. The third-order valence-corrected chi connectivity index (χ3v) is 5.36. The van der Waals surface area contributed by atoms with Gasteiger partial charge in [-0.2, -0.15) is 11.8 Å². The van der Waals surface area contributed by atoms with Gasteiger partial charge in [-0.1, -0.05) is 38.1 Å². The quantitative estimate of drug-likeness (QED) is 0.946. The maximum absolute atomic E-state index is 6.14. The highest BCUT2D eigenvalue weighted by Gasteiger charge is 2.29. The number of aromatic nitrogens is 1. The Bertz CT molecular complexity index is 601. The van der Waals surface area contributed by atoms with Crippen LogP contribution in [0.4, 0.5) is 0 Å². The predicted octanol–water partition coefficient (Wildman–Crippen LogP) is 3.06. The molecule has 21 heavy (non-hydrogen) atoms. The summed E-state index contributed by atoms with van der Waals surface area (Å²) in [7, 11) is 0. The lowest BCUT2D eigenvalue weighted by molar-refractivity contribution is 0.200. The van der Waals surface area contributed by atoms with Crippen LogP contribution in [0.2, 0.25) is 0 Å². The molecule has 2 heterocycles. The molecule has 1 aromatic heterocycles. The van der Waals surface area contributed by atoms with Crippen LogP contribution >= 0.6 is 11.8 Å². The summed E-state index contributed by atoms with van der Waals surface area (Å²) in [6, 6.07) is 10.8. The largest absolute Gasteiger partial charge is 0.329 e. The van der Waals surface area contributed by atoms with Gasteiger partial charge in [0, 0.05) is 47.8 Å². The van der Waals surface area contributed by atoms with Crippen LogP contribution in [0.15, 0.2) is 36.5 Å². The van der Waals surface area contributed by atoms with Crippen molar-refractivity contribution in [2.45, 2.75) is 30.4 Å². The van der Waals surface area contributed by atoms with E-state index in [9.17, 15) is 0 Å². The van der Waals surface area contributed by atoms with E-state index in [4.69, 9.17) is 5.73 Å². The van der Waals surface area contributed by atoms with Crippen molar-refractivity contribution in [3.8, 4) is 0 Å². The van der Waals surface area contributed by atoms with Gasteiger partial charge >= 0.3 is 0 Å². The van der Waals surface area contributed by atoms with Crippen LogP contribution in [-0.2, 0) is 0 Å². The first kappa shape index (κ1) is 14.8. The molecule has 1 aromatic carbocycles. The standard InChI is InChI=1S/C17H23N3S/c1-12-10-20(11-13(2)21-12)16(9-18)15-7-3-5-14-6-4-8-19-17(14)15/h3-8,12-13,16H,9-11,18H2,1-2H3. The fourth-order valence-corrected chi connectivity index (χ4v) is 4.69. The Balaban J connectivity index is 1.98. The smallest absolute Gasteiger partial charge is 0.0750 e. The molecule has 3 unspecified atom stereocenters. The van der Waals surface area contributed by atoms with Crippen molar-refractivity contribution >= 4 is 22.7 Å². The topological polar surface area (TPSA) is 42.1 Å². The first-order chi connectivity index (χ1) is 10.2. The normalized spacial score (nSPS) is 25.1. The second kappa shape index (κ2) is 6.34. The molecule has 1 aliphatic rings. The van der Waals surface area contributed by atoms with Crippen LogP contribution < -0.4 is 5.73 Å². The average Bonchev–Trinajstić information content (AvgIpc) is 2.47. The highest BCUT2D eigenvalue weighted by Crippen LogP contribution is 2.32. The number of hydrogen-bond acceptors (Lipinski definition) is 4. The van der Waals surface area contributed by atoms with Crippen LogP contribution in [0.25, 0.3) is 10.9 Å². The summed E-state index contributed by atoms with van der Waals surface area (Å²) in [4.78, 5) is 7.13. The van der Waals surface area contributed by atoms with E-state index in [1.165, 1.54) is 10.9 Å². The van der Waals surface area contributed by atoms with Gasteiger partial charge in [0.2, 0.25) is 0 Å². The molecule has 0 saturated carbocycles. The fourth-order valence-electron chi connectivity index (χ4n) is 3.34. The zero-order valence-electron chi connectivity index (χ0n) is 12.7. The van der Waals surface area contributed by atoms with Crippen molar-refractivity contribution in [3.63, 3.8) is 0 Å². The number of benzene rings is 1. The molecule has 1 aliphatic heterocycles. The molecule has 0 amide bonds. The molecule has 2 aromatic rings. The third kappa shape index (κ3) is 3.07. The van der Waals surface area contributed by atoms with Crippen molar-refractivity contribution in [2.24, 2.45) is 5.73 Å². The van der Waals surface area contributed by atoms with Gasteiger partial charge < -0.3 is 5.73 Å². The number of hydrogen-bond donors (Lipinski definition) is 1. The van der Waals surface area contributed by atoms with E-state index >= 15 is 0 Å². The number of nitrogens with two attached hydrogens (primary N) is 1. The molecule has 4 heteroatoms. The Labute approximate surface area is 130 Å². The number of rotatable bonds is 3. The second-order valence-electron chi connectivity index (χ2n) is 5.89. The number of fused-ring (bicyclic) bond motifs is 1. The Morgan fingerprint density at radius 2 is 1.95 bits per heavy atom. The van der Waals surface area contributed by atoms with Crippen molar-refractivity contribution < 1.29 is 0 Å². The molecule has 2 N–H and O–H groups in total. The van der Waals surface area contributed by atoms with Crippen LogP contribution in [0, 0.1) is 0 Å². The molecule has 0 bridgehead atoms. The first-order valence-electron chi connectivity index (χ1n) is 7.62. The summed E-state index contributed by atoms with van der Waals surface area (Å²) in [6.07, 6.45) is 1.87. The maximum Gasteiger partial charge on any atom is 0.0750 e. The Morgan fingerprint density at radius 1 is 1.24 bits per heavy atom. The molecule has 3 rings (SSSR count). The lowest BCUT2D eigenvalue weighted by Gasteiger charge is -2.39. The second-order valence-corrected chi connectivity index (χ2v) is 7.77. The molecule has 1 saturated heterocycles. The number of para-hydroxylation sites is 1. The SMILES string of the molecule is CC1CN(C(CN)c2cccc3cccnc23)CC(C)S1. The molecule has 0 aliphatic carbocycles. The van der Waals surface area contributed by atoms with Gasteiger partial charge in [-0.25, -0.2) is 0 Å². The Hall–Kier alpha value is -1.10. The number of pyridine rings is 1. The highest BCUT2D eigenvalue weighted by atomic mass is 32.2. The van der Waals surface area contributed by atoms with E-state index in [-0.39, 0.29) is 6.04 Å². The van der Waals surface area contributed by atoms with E-state index in [1.54, 1.807) is 0 Å². The van der Waals surface area contributed by atoms with Gasteiger partial charge in [0.1, 0.15) is 0 Å². The van der Waals surface area contributed by atoms with Crippen LogP contribution in [0.3, 0.4) is 0 Å². The lowest BCUT2D eigenvalue weighted by Crippen LogP contribution is -2.44. The van der Waals surface area contributed by atoms with Crippen molar-refractivity contribution in [2.75, 3.05) is 19.6 Å². The van der Waals surface area contributed by atoms with Gasteiger partial charge in [0.05, 0.1) is 5.52 Å². The molecular weight excluding hydrogens is 278 g/mol. The van der Waals surface area contributed by atoms with Crippen LogP contribution in [0.1, 0.15) is 25.5 Å². The molecular formula is C17H23N3S. The van der Waals surface area contributed by atoms with E-state index in [1.807, 2.05) is 12.3 Å². The molecule has 0 radical (unpaired) electrons. The summed E-state index contributed by atoms with van der Waals surface area (Å²) in [5, 5.41) is 2.51. The van der Waals surface area contributed by atoms with Crippen molar-refractivity contribution in [1.29, 1.82) is 0 Å². The molecule has 1 fully saturated rings. The molecule has 112 valence electrons. The summed E-state index contributed by atoms with van der Waals surface area (Å²) >= 11 is 2.07. The lowest BCUT2D eigenvalue weighted by atomic mass is 10.0. The van der Waals surface area contributed by atoms with Crippen LogP contribution in [-0.4, -0.2) is 40.0 Å². The van der Waals surface area contributed by atoms with Gasteiger partial charge in [-0.3, -0.25) is 9.88 Å². The average molecular weight is 301 g/mol. The minimum Gasteiger partial charge on any atom is -0.329 e. The Morgan fingerprint density at radius 3 is 2.67 bits per heavy atom. The third-order valence-electron chi connectivity index (χ3n) is 4.13. The van der Waals surface area contributed by atoms with E-state index in [0.29, 0.717) is 17.0 Å². The molecule has 0 spiro atoms. The maximum atomic E-state index is 6.14. The van der Waals surface area contributed by atoms with Gasteiger partial charge in [0.15, 0.2) is 0 Å². The summed E-state index contributed by atoms with van der Waals surface area (Å²) in [6.45, 7) is 7.45. The minimum absolute atomic E-state index is 0.259. The number of nitrogens with zero attached hydrogens (tertiary/aromatic N) is 2. The summed E-state index contributed by atoms with van der Waals surface area (Å²) in [5.74, 6) is 0. The fraction of sp³-hybridized carbons (Fsp3) is 0.471. The highest BCUT2D eigenvalue weighted by molar-refractivity contribution is 8.00. The van der Waals surface area contributed by atoms with E-state index in [0.717, 1.165) is 18.6 Å². The van der Waals surface area contributed by atoms with Gasteiger partial charge in [0.25, 0.3) is 0 Å². The number of thioether (sulfide) groups is 1. The Kier molecular flexibility index (Phi) is 4.48. The summed E-state index contributed by atoms with van der Waals surface area (Å²) < 4.78 is 0. The predicted molar refractivity (Wildman–Crippen MR) is 91.6 cm³/mol. The van der Waals surface area contributed by atoms with Crippen molar-refractivity contribution in [1.82, 2.24) is 9.88 Å². The molecule has 3 nitrogen and oxygen atoms in total. The first-order valence-corrected chi connectivity index (χ1v) is 8.56. The van der Waals surface area contributed by atoms with E-state index < -0.39 is 0 Å². The van der Waals surface area contributed by atoms with E-state index in [2.05, 4.69) is 59.8 Å². The monoisotopic (exact) mass is 301 g/mol. The molecule has 3 atom stereocenters. The zero-order chi connectivity index (χ0) is 14.8. The summed E-state index contributed by atoms with van der Waals surface area (Å²) in [5.41, 5.74) is 8.50. The van der Waals surface area contributed by atoms with Gasteiger partial charge in [-0.15, -0.1) is 0 Å². The van der Waals surface area contributed by atoms with Crippen LogP contribution in [0.5, 0.6) is 0 Å². The van der Waals surface area contributed by atoms with Gasteiger partial charge in [-0.05, 0) is 11.6 Å². The van der Waals surface area contributed by atoms with Crippen molar-refractivity contribution in [3.05, 3.63) is 42.1 Å². The zero-order valence-corrected chi connectivity index (χ0v) is 13.5.